The molecule has 1 aliphatic carbocycles. The lowest BCUT2D eigenvalue weighted by Gasteiger charge is -2.40. The van der Waals surface area contributed by atoms with E-state index in [9.17, 15) is 15.0 Å². The Bertz CT molecular complexity index is 1130. The quantitative estimate of drug-likeness (QED) is 0.527. The van der Waals surface area contributed by atoms with Crippen LogP contribution in [-0.4, -0.2) is 60.6 Å². The summed E-state index contributed by atoms with van der Waals surface area (Å²) in [7, 11) is 0. The molecular formula is C28H34N4O4. The van der Waals surface area contributed by atoms with Gasteiger partial charge in [-0.3, -0.25) is 4.79 Å². The van der Waals surface area contributed by atoms with Gasteiger partial charge in [0.1, 0.15) is 6.10 Å². The van der Waals surface area contributed by atoms with Crippen LogP contribution in [0.3, 0.4) is 0 Å². The molecule has 1 aliphatic heterocycles. The molecule has 2 aliphatic rings. The van der Waals surface area contributed by atoms with E-state index in [-0.39, 0.29) is 24.5 Å². The van der Waals surface area contributed by atoms with Crippen LogP contribution in [0.5, 0.6) is 5.88 Å². The van der Waals surface area contributed by atoms with Crippen LogP contribution in [0.2, 0.25) is 0 Å². The number of carbonyl (C=O) groups excluding carboxylic acids is 1. The molecule has 8 nitrogen and oxygen atoms in total. The predicted molar refractivity (Wildman–Crippen MR) is 135 cm³/mol. The molecule has 5 rings (SSSR count). The van der Waals surface area contributed by atoms with Crippen LogP contribution in [0.4, 0.5) is 0 Å². The number of piperidine rings is 1. The van der Waals surface area contributed by atoms with E-state index in [0.717, 1.165) is 42.6 Å². The maximum absolute atomic E-state index is 13.2. The number of hydrogen-bond acceptors (Lipinski definition) is 6. The molecule has 0 bridgehead atoms. The molecule has 36 heavy (non-hydrogen) atoms. The van der Waals surface area contributed by atoms with Crippen LogP contribution >= 0.6 is 0 Å². The Morgan fingerprint density at radius 1 is 1.00 bits per heavy atom. The molecule has 1 amide bonds. The van der Waals surface area contributed by atoms with E-state index < -0.39 is 5.60 Å². The number of pyridine rings is 1. The van der Waals surface area contributed by atoms with Gasteiger partial charge in [0, 0.05) is 49.6 Å². The summed E-state index contributed by atoms with van der Waals surface area (Å²) in [4.78, 5) is 19.4. The first-order valence-corrected chi connectivity index (χ1v) is 12.8. The number of aromatic nitrogens is 3. The summed E-state index contributed by atoms with van der Waals surface area (Å²) in [6.45, 7) is 1.14. The molecule has 3 heterocycles. The number of carbonyl (C=O) groups is 1. The van der Waals surface area contributed by atoms with E-state index in [1.807, 2.05) is 58.1 Å². The SMILES string of the molecule is O=C([C@H]1CC[C@H](Oc2ccccn2)CC1)N1CCC(O)(Cc2ccnn2-c2ccc(CO)cc2)CC1. The summed E-state index contributed by atoms with van der Waals surface area (Å²) in [5.41, 5.74) is 1.80. The van der Waals surface area contributed by atoms with E-state index in [1.54, 1.807) is 12.4 Å². The zero-order chi connectivity index (χ0) is 25.0. The van der Waals surface area contributed by atoms with Gasteiger partial charge in [-0.05, 0) is 68.4 Å². The molecule has 0 atom stereocenters. The fourth-order valence-electron chi connectivity index (χ4n) is 5.37. The van der Waals surface area contributed by atoms with Crippen molar-refractivity contribution in [3.63, 3.8) is 0 Å². The second kappa shape index (κ2) is 10.8. The molecule has 1 saturated carbocycles. The minimum atomic E-state index is -0.867. The number of hydrogen-bond donors (Lipinski definition) is 2. The van der Waals surface area contributed by atoms with Crippen molar-refractivity contribution in [1.29, 1.82) is 0 Å². The van der Waals surface area contributed by atoms with E-state index in [1.165, 1.54) is 0 Å². The Balaban J connectivity index is 1.13. The van der Waals surface area contributed by atoms with Gasteiger partial charge in [-0.15, -0.1) is 0 Å². The molecule has 0 unspecified atom stereocenters. The van der Waals surface area contributed by atoms with Gasteiger partial charge in [0.05, 0.1) is 17.9 Å². The molecule has 2 N–H and O–H groups in total. The molecular weight excluding hydrogens is 456 g/mol. The van der Waals surface area contributed by atoms with Crippen LogP contribution in [0.1, 0.15) is 49.8 Å². The zero-order valence-electron chi connectivity index (χ0n) is 20.5. The average Bonchev–Trinajstić information content (AvgIpc) is 3.37. The number of aliphatic hydroxyl groups excluding tert-OH is 1. The number of rotatable bonds is 7. The van der Waals surface area contributed by atoms with Gasteiger partial charge in [-0.1, -0.05) is 18.2 Å². The summed E-state index contributed by atoms with van der Waals surface area (Å²) in [6.07, 6.45) is 8.51. The third-order valence-corrected chi connectivity index (χ3v) is 7.55. The molecule has 2 aromatic heterocycles. The highest BCUT2D eigenvalue weighted by molar-refractivity contribution is 5.79. The van der Waals surface area contributed by atoms with Crippen molar-refractivity contribution in [3.05, 3.63) is 72.2 Å². The highest BCUT2D eigenvalue weighted by atomic mass is 16.5. The fraction of sp³-hybridized carbons (Fsp3) is 0.464. The van der Waals surface area contributed by atoms with Gasteiger partial charge in [0.2, 0.25) is 11.8 Å². The first-order valence-electron chi connectivity index (χ1n) is 12.8. The predicted octanol–water partition coefficient (Wildman–Crippen LogP) is 3.29. The summed E-state index contributed by atoms with van der Waals surface area (Å²) in [5.74, 6) is 0.886. The summed E-state index contributed by atoms with van der Waals surface area (Å²) in [6, 6.07) is 15.2. The number of ether oxygens (including phenoxy) is 1. The molecule has 190 valence electrons. The monoisotopic (exact) mass is 490 g/mol. The minimum Gasteiger partial charge on any atom is -0.474 e. The third kappa shape index (κ3) is 5.60. The zero-order valence-corrected chi connectivity index (χ0v) is 20.5. The maximum atomic E-state index is 13.2. The van der Waals surface area contributed by atoms with Gasteiger partial charge < -0.3 is 19.8 Å². The lowest BCUT2D eigenvalue weighted by molar-refractivity contribution is -0.141. The molecule has 8 heteroatoms. The Morgan fingerprint density at radius 2 is 1.75 bits per heavy atom. The first kappa shape index (κ1) is 24.5. The van der Waals surface area contributed by atoms with Crippen molar-refractivity contribution < 1.29 is 19.7 Å². The van der Waals surface area contributed by atoms with Crippen molar-refractivity contribution in [1.82, 2.24) is 19.7 Å². The largest absolute Gasteiger partial charge is 0.474 e. The Labute approximate surface area is 211 Å². The lowest BCUT2D eigenvalue weighted by Crippen LogP contribution is -2.50. The third-order valence-electron chi connectivity index (χ3n) is 7.55. The van der Waals surface area contributed by atoms with Gasteiger partial charge >= 0.3 is 0 Å². The second-order valence-corrected chi connectivity index (χ2v) is 10.0. The highest BCUT2D eigenvalue weighted by Crippen LogP contribution is 2.32. The second-order valence-electron chi connectivity index (χ2n) is 10.0. The van der Waals surface area contributed by atoms with Gasteiger partial charge in [0.25, 0.3) is 0 Å². The van der Waals surface area contributed by atoms with Gasteiger partial charge in [0.15, 0.2) is 0 Å². The summed E-state index contributed by atoms with van der Waals surface area (Å²) < 4.78 is 7.81. The standard InChI is InChI=1S/C28H34N4O4/c33-20-21-4-8-23(9-5-21)32-24(12-16-30-32)19-28(35)13-17-31(18-14-28)27(34)22-6-10-25(11-7-22)36-26-3-1-2-15-29-26/h1-5,8-9,12,15-16,22,25,33,35H,6-7,10-11,13-14,17-20H2/t22-,25-. The fourth-order valence-corrected chi connectivity index (χ4v) is 5.37. The Morgan fingerprint density at radius 3 is 2.42 bits per heavy atom. The van der Waals surface area contributed by atoms with Gasteiger partial charge in [-0.2, -0.15) is 5.10 Å². The van der Waals surface area contributed by atoms with Gasteiger partial charge in [-0.25, -0.2) is 9.67 Å². The maximum Gasteiger partial charge on any atom is 0.225 e. The van der Waals surface area contributed by atoms with E-state index in [2.05, 4.69) is 10.1 Å². The van der Waals surface area contributed by atoms with Crippen LogP contribution in [0, 0.1) is 5.92 Å². The topological polar surface area (TPSA) is 101 Å². The lowest BCUT2D eigenvalue weighted by atomic mass is 9.83. The Kier molecular flexibility index (Phi) is 7.34. The molecule has 0 spiro atoms. The van der Waals surface area contributed by atoms with Crippen molar-refractivity contribution in [2.75, 3.05) is 13.1 Å². The van der Waals surface area contributed by atoms with E-state index in [0.29, 0.717) is 38.2 Å². The van der Waals surface area contributed by atoms with Crippen LogP contribution < -0.4 is 4.74 Å². The van der Waals surface area contributed by atoms with Crippen molar-refractivity contribution >= 4 is 5.91 Å². The summed E-state index contributed by atoms with van der Waals surface area (Å²) in [5, 5.41) is 25.1. The normalized spacial score (nSPS) is 21.8. The number of nitrogens with zero attached hydrogens (tertiary/aromatic N) is 4. The Hall–Kier alpha value is -3.23. The molecule has 2 fully saturated rings. The van der Waals surface area contributed by atoms with E-state index in [4.69, 9.17) is 4.74 Å². The minimum absolute atomic E-state index is 0.00159. The molecule has 0 radical (unpaired) electrons. The smallest absolute Gasteiger partial charge is 0.225 e. The first-order chi connectivity index (χ1) is 17.5. The number of aliphatic hydroxyl groups is 2. The molecule has 1 saturated heterocycles. The van der Waals surface area contributed by atoms with Crippen molar-refractivity contribution in [2.45, 2.75) is 63.3 Å². The van der Waals surface area contributed by atoms with Crippen LogP contribution in [0.15, 0.2) is 60.9 Å². The number of amides is 1. The average molecular weight is 491 g/mol. The van der Waals surface area contributed by atoms with E-state index >= 15 is 0 Å². The number of benzene rings is 1. The highest BCUT2D eigenvalue weighted by Gasteiger charge is 2.37. The summed E-state index contributed by atoms with van der Waals surface area (Å²) >= 11 is 0. The molecule has 1 aromatic carbocycles. The van der Waals surface area contributed by atoms with Crippen LogP contribution in [-0.2, 0) is 17.8 Å². The number of likely N-dealkylation sites (tertiary alicyclic amines) is 1. The molecule has 3 aromatic rings. The van der Waals surface area contributed by atoms with Crippen LogP contribution in [0.25, 0.3) is 5.69 Å². The van der Waals surface area contributed by atoms with Crippen molar-refractivity contribution in [2.24, 2.45) is 5.92 Å². The van der Waals surface area contributed by atoms with Crippen molar-refractivity contribution in [3.8, 4) is 11.6 Å².